The zero-order valence-corrected chi connectivity index (χ0v) is 10.9. The second-order valence-electron chi connectivity index (χ2n) is 4.64. The van der Waals surface area contributed by atoms with E-state index in [0.717, 1.165) is 12.8 Å². The summed E-state index contributed by atoms with van der Waals surface area (Å²) in [6, 6.07) is 4.18. The maximum absolute atomic E-state index is 11.2. The molecule has 0 radical (unpaired) electrons. The summed E-state index contributed by atoms with van der Waals surface area (Å²) in [6.07, 6.45) is 7.65. The molecule has 0 heterocycles. The summed E-state index contributed by atoms with van der Waals surface area (Å²) in [4.78, 5) is 11.0. The van der Waals surface area contributed by atoms with E-state index >= 15 is 0 Å². The number of hydrogen-bond donors (Lipinski definition) is 1. The van der Waals surface area contributed by atoms with Gasteiger partial charge in [-0.1, -0.05) is 51.2 Å². The predicted molar refractivity (Wildman–Crippen MR) is 69.9 cm³/mol. The largest absolute Gasteiger partial charge is 0.872 e. The van der Waals surface area contributed by atoms with Gasteiger partial charge in [0.05, 0.1) is 5.56 Å². The van der Waals surface area contributed by atoms with Crippen LogP contribution in [-0.2, 0) is 6.42 Å². The van der Waals surface area contributed by atoms with E-state index in [4.69, 9.17) is 5.11 Å². The van der Waals surface area contributed by atoms with Gasteiger partial charge in [-0.15, -0.1) is 5.75 Å². The Hall–Kier alpha value is -1.51. The SMILES string of the molecule is CCCCCCCCc1cc([O-])ccc1C(=O)O. The number of aryl methyl sites for hydroxylation is 1. The first-order valence-electron chi connectivity index (χ1n) is 6.68. The van der Waals surface area contributed by atoms with Gasteiger partial charge in [-0.2, -0.15) is 0 Å². The molecule has 0 aliphatic rings. The molecule has 0 unspecified atom stereocenters. The van der Waals surface area contributed by atoms with Crippen LogP contribution in [0.15, 0.2) is 18.2 Å². The Labute approximate surface area is 108 Å². The lowest BCUT2D eigenvalue weighted by molar-refractivity contribution is -0.268. The van der Waals surface area contributed by atoms with Crippen LogP contribution < -0.4 is 5.11 Å². The summed E-state index contributed by atoms with van der Waals surface area (Å²) in [6.45, 7) is 2.18. The Morgan fingerprint density at radius 1 is 1.17 bits per heavy atom. The molecule has 0 fully saturated rings. The minimum Gasteiger partial charge on any atom is -0.872 e. The van der Waals surface area contributed by atoms with Crippen molar-refractivity contribution in [1.29, 1.82) is 0 Å². The topological polar surface area (TPSA) is 60.4 Å². The minimum absolute atomic E-state index is 0.110. The van der Waals surface area contributed by atoms with Crippen LogP contribution in [0.2, 0.25) is 0 Å². The normalized spacial score (nSPS) is 10.5. The number of hydrogen-bond acceptors (Lipinski definition) is 2. The first-order chi connectivity index (χ1) is 8.65. The lowest BCUT2D eigenvalue weighted by Gasteiger charge is -2.11. The molecule has 3 heteroatoms. The van der Waals surface area contributed by atoms with Gasteiger partial charge in [-0.25, -0.2) is 4.79 Å². The first kappa shape index (κ1) is 14.6. The average molecular weight is 249 g/mol. The van der Waals surface area contributed by atoms with E-state index in [-0.39, 0.29) is 11.3 Å². The fourth-order valence-electron chi connectivity index (χ4n) is 2.08. The number of rotatable bonds is 8. The standard InChI is InChI=1S/C15H22O3/c1-2-3-4-5-6-7-8-12-11-13(16)9-10-14(12)15(17)18/h9-11,16H,2-8H2,1H3,(H,17,18)/p-1. The van der Waals surface area contributed by atoms with Crippen molar-refractivity contribution in [2.24, 2.45) is 0 Å². The van der Waals surface area contributed by atoms with Crippen molar-refractivity contribution in [3.63, 3.8) is 0 Å². The molecule has 1 rings (SSSR count). The van der Waals surface area contributed by atoms with E-state index in [1.807, 2.05) is 0 Å². The van der Waals surface area contributed by atoms with Crippen LogP contribution in [0.1, 0.15) is 61.4 Å². The maximum atomic E-state index is 11.2. The van der Waals surface area contributed by atoms with Gasteiger partial charge in [-0.05, 0) is 24.5 Å². The highest BCUT2D eigenvalue weighted by Crippen LogP contribution is 2.18. The Balaban J connectivity index is 2.45. The highest BCUT2D eigenvalue weighted by Gasteiger charge is 2.08. The Bertz CT molecular complexity index is 385. The molecule has 0 saturated heterocycles. The quantitative estimate of drug-likeness (QED) is 0.718. The van der Waals surface area contributed by atoms with Crippen molar-refractivity contribution in [1.82, 2.24) is 0 Å². The van der Waals surface area contributed by atoms with Crippen molar-refractivity contribution in [2.45, 2.75) is 51.9 Å². The van der Waals surface area contributed by atoms with Crippen LogP contribution in [0, 0.1) is 0 Å². The summed E-state index contributed by atoms with van der Waals surface area (Å²) in [5.74, 6) is -1.06. The fraction of sp³-hybridized carbons (Fsp3) is 0.533. The third-order valence-corrected chi connectivity index (χ3v) is 3.11. The smallest absolute Gasteiger partial charge is 0.335 e. The number of aromatic carboxylic acids is 1. The second-order valence-corrected chi connectivity index (χ2v) is 4.64. The number of carboxylic acids is 1. The summed E-state index contributed by atoms with van der Waals surface area (Å²) in [7, 11) is 0. The number of carbonyl (C=O) groups is 1. The molecule has 0 atom stereocenters. The van der Waals surface area contributed by atoms with Crippen molar-refractivity contribution in [2.75, 3.05) is 0 Å². The van der Waals surface area contributed by atoms with Gasteiger partial charge in [0.2, 0.25) is 0 Å². The molecule has 1 aromatic carbocycles. The average Bonchev–Trinajstić information content (AvgIpc) is 2.33. The maximum Gasteiger partial charge on any atom is 0.335 e. The molecule has 1 aromatic rings. The third kappa shape index (κ3) is 4.78. The summed E-state index contributed by atoms with van der Waals surface area (Å²) in [5, 5.41) is 20.3. The molecule has 1 N–H and O–H groups in total. The summed E-state index contributed by atoms with van der Waals surface area (Å²) < 4.78 is 0. The second kappa shape index (κ2) is 7.75. The number of unbranched alkanes of at least 4 members (excludes halogenated alkanes) is 5. The van der Waals surface area contributed by atoms with E-state index < -0.39 is 5.97 Å². The van der Waals surface area contributed by atoms with Crippen LogP contribution in [0.5, 0.6) is 5.75 Å². The lowest BCUT2D eigenvalue weighted by atomic mass is 10.00. The summed E-state index contributed by atoms with van der Waals surface area (Å²) >= 11 is 0. The van der Waals surface area contributed by atoms with Gasteiger partial charge in [0, 0.05) is 0 Å². The van der Waals surface area contributed by atoms with E-state index in [0.29, 0.717) is 12.0 Å². The van der Waals surface area contributed by atoms with Gasteiger partial charge in [0.1, 0.15) is 0 Å². The first-order valence-corrected chi connectivity index (χ1v) is 6.68. The van der Waals surface area contributed by atoms with E-state index in [1.54, 1.807) is 0 Å². The molecule has 0 amide bonds. The number of carboxylic acid groups (broad SMARTS) is 1. The zero-order chi connectivity index (χ0) is 13.4. The van der Waals surface area contributed by atoms with Crippen molar-refractivity contribution >= 4 is 5.97 Å². The predicted octanol–water partition coefficient (Wildman–Crippen LogP) is 3.36. The molecule has 0 aliphatic heterocycles. The zero-order valence-electron chi connectivity index (χ0n) is 10.9. The number of benzene rings is 1. The molecule has 0 spiro atoms. The van der Waals surface area contributed by atoms with Crippen LogP contribution in [-0.4, -0.2) is 11.1 Å². The van der Waals surface area contributed by atoms with Crippen LogP contribution in [0.25, 0.3) is 0 Å². The molecule has 0 saturated carbocycles. The van der Waals surface area contributed by atoms with Gasteiger partial charge >= 0.3 is 5.97 Å². The third-order valence-electron chi connectivity index (χ3n) is 3.11. The summed E-state index contributed by atoms with van der Waals surface area (Å²) in [5.41, 5.74) is 0.939. The highest BCUT2D eigenvalue weighted by molar-refractivity contribution is 5.89. The Morgan fingerprint density at radius 3 is 2.50 bits per heavy atom. The molecular formula is C15H21O3-. The van der Waals surface area contributed by atoms with Crippen LogP contribution >= 0.6 is 0 Å². The van der Waals surface area contributed by atoms with Crippen LogP contribution in [0.4, 0.5) is 0 Å². The van der Waals surface area contributed by atoms with Crippen LogP contribution in [0.3, 0.4) is 0 Å². The van der Waals surface area contributed by atoms with Crippen molar-refractivity contribution in [3.8, 4) is 5.75 Å². The Kier molecular flexibility index (Phi) is 6.26. The molecule has 3 nitrogen and oxygen atoms in total. The molecule has 0 bridgehead atoms. The molecule has 0 aliphatic carbocycles. The highest BCUT2D eigenvalue weighted by atomic mass is 16.4. The fourth-order valence-corrected chi connectivity index (χ4v) is 2.08. The van der Waals surface area contributed by atoms with E-state index in [9.17, 15) is 9.90 Å². The minimum atomic E-state index is -0.948. The monoisotopic (exact) mass is 249 g/mol. The molecule has 100 valence electrons. The molecule has 0 aromatic heterocycles. The van der Waals surface area contributed by atoms with Gasteiger partial charge < -0.3 is 10.2 Å². The van der Waals surface area contributed by atoms with E-state index in [1.165, 1.54) is 43.9 Å². The van der Waals surface area contributed by atoms with Gasteiger partial charge in [0.15, 0.2) is 0 Å². The van der Waals surface area contributed by atoms with Crippen molar-refractivity contribution in [3.05, 3.63) is 29.3 Å². The van der Waals surface area contributed by atoms with Gasteiger partial charge in [-0.3, -0.25) is 0 Å². The lowest BCUT2D eigenvalue weighted by Crippen LogP contribution is -2.04. The Morgan fingerprint density at radius 2 is 1.83 bits per heavy atom. The van der Waals surface area contributed by atoms with Crippen molar-refractivity contribution < 1.29 is 15.0 Å². The molecular weight excluding hydrogens is 228 g/mol. The molecule has 18 heavy (non-hydrogen) atoms. The van der Waals surface area contributed by atoms with Gasteiger partial charge in [0.25, 0.3) is 0 Å². The van der Waals surface area contributed by atoms with E-state index in [2.05, 4.69) is 6.92 Å².